The van der Waals surface area contributed by atoms with Gasteiger partial charge in [-0.3, -0.25) is 4.79 Å². The first kappa shape index (κ1) is 16.0. The van der Waals surface area contributed by atoms with Crippen LogP contribution in [0.15, 0.2) is 12.1 Å². The van der Waals surface area contributed by atoms with Gasteiger partial charge in [-0.15, -0.1) is 0 Å². The zero-order valence-electron chi connectivity index (χ0n) is 13.7. The van der Waals surface area contributed by atoms with Crippen molar-refractivity contribution in [1.29, 1.82) is 0 Å². The molecule has 1 N–H and O–H groups in total. The Morgan fingerprint density at radius 3 is 2.76 bits per heavy atom. The van der Waals surface area contributed by atoms with E-state index in [-0.39, 0.29) is 11.7 Å². The Balaban J connectivity index is 2.28. The number of carbonyl (C=O) groups excluding carboxylic acids is 1. The standard InChI is InChI=1S/C18H27NO2/c1-12(2)11-21-18-14(4)8-13(3)9-16(18)17(20)15-6-5-7-19-10-15/h8-9,12,15,19H,5-7,10-11H2,1-4H3. The molecule has 1 atom stereocenters. The van der Waals surface area contributed by atoms with Gasteiger partial charge in [-0.2, -0.15) is 0 Å². The predicted octanol–water partition coefficient (Wildman–Crippen LogP) is 3.52. The summed E-state index contributed by atoms with van der Waals surface area (Å²) in [5.41, 5.74) is 2.95. The second-order valence-electron chi connectivity index (χ2n) is 6.57. The quantitative estimate of drug-likeness (QED) is 0.843. The van der Waals surface area contributed by atoms with E-state index in [2.05, 4.69) is 25.2 Å². The molecule has 2 rings (SSSR count). The van der Waals surface area contributed by atoms with Gasteiger partial charge in [0.2, 0.25) is 0 Å². The number of Topliss-reactive ketones (excluding diaryl/α,β-unsaturated/α-hetero) is 1. The maximum Gasteiger partial charge on any atom is 0.170 e. The summed E-state index contributed by atoms with van der Waals surface area (Å²) in [5.74, 6) is 1.55. The minimum atomic E-state index is 0.0846. The van der Waals surface area contributed by atoms with Crippen LogP contribution >= 0.6 is 0 Å². The van der Waals surface area contributed by atoms with Crippen molar-refractivity contribution in [2.75, 3.05) is 19.7 Å². The van der Waals surface area contributed by atoms with Crippen molar-refractivity contribution >= 4 is 5.78 Å². The number of benzene rings is 1. The van der Waals surface area contributed by atoms with Gasteiger partial charge in [-0.05, 0) is 56.3 Å². The van der Waals surface area contributed by atoms with Gasteiger partial charge >= 0.3 is 0 Å². The molecule has 1 aliphatic heterocycles. The Kier molecular flexibility index (Phi) is 5.40. The van der Waals surface area contributed by atoms with Crippen LogP contribution in [0.2, 0.25) is 0 Å². The van der Waals surface area contributed by atoms with Gasteiger partial charge in [-0.1, -0.05) is 19.9 Å². The van der Waals surface area contributed by atoms with E-state index in [1.165, 1.54) is 0 Å². The van der Waals surface area contributed by atoms with Crippen molar-refractivity contribution in [1.82, 2.24) is 5.32 Å². The summed E-state index contributed by atoms with van der Waals surface area (Å²) in [4.78, 5) is 12.8. The number of rotatable bonds is 5. The number of nitrogens with one attached hydrogen (secondary N) is 1. The first-order valence-electron chi connectivity index (χ1n) is 7.98. The van der Waals surface area contributed by atoms with Gasteiger partial charge in [0.05, 0.1) is 12.2 Å². The van der Waals surface area contributed by atoms with Gasteiger partial charge in [-0.25, -0.2) is 0 Å². The van der Waals surface area contributed by atoms with Crippen molar-refractivity contribution in [3.63, 3.8) is 0 Å². The second kappa shape index (κ2) is 7.08. The Bertz CT molecular complexity index is 502. The predicted molar refractivity (Wildman–Crippen MR) is 86.2 cm³/mol. The van der Waals surface area contributed by atoms with E-state index in [0.29, 0.717) is 12.5 Å². The number of hydrogen-bond acceptors (Lipinski definition) is 3. The summed E-state index contributed by atoms with van der Waals surface area (Å²) < 4.78 is 5.96. The fourth-order valence-corrected chi connectivity index (χ4v) is 2.87. The van der Waals surface area contributed by atoms with E-state index in [9.17, 15) is 4.79 Å². The van der Waals surface area contributed by atoms with Crippen LogP contribution in [0.5, 0.6) is 5.75 Å². The molecule has 1 unspecified atom stereocenters. The summed E-state index contributed by atoms with van der Waals surface area (Å²) in [7, 11) is 0. The SMILES string of the molecule is Cc1cc(C)c(OCC(C)C)c(C(=O)C2CCCNC2)c1. The first-order chi connectivity index (χ1) is 9.99. The van der Waals surface area contributed by atoms with Crippen LogP contribution in [-0.4, -0.2) is 25.5 Å². The third-order valence-electron chi connectivity index (χ3n) is 3.91. The van der Waals surface area contributed by atoms with Crippen LogP contribution in [0.3, 0.4) is 0 Å². The van der Waals surface area contributed by atoms with Gasteiger partial charge in [0.15, 0.2) is 5.78 Å². The molecule has 0 amide bonds. The topological polar surface area (TPSA) is 38.3 Å². The second-order valence-corrected chi connectivity index (χ2v) is 6.57. The summed E-state index contributed by atoms with van der Waals surface area (Å²) in [6.07, 6.45) is 2.05. The first-order valence-corrected chi connectivity index (χ1v) is 7.98. The van der Waals surface area contributed by atoms with E-state index >= 15 is 0 Å². The molecule has 1 heterocycles. The minimum absolute atomic E-state index is 0.0846. The lowest BCUT2D eigenvalue weighted by Gasteiger charge is -2.23. The van der Waals surface area contributed by atoms with E-state index in [4.69, 9.17) is 4.74 Å². The monoisotopic (exact) mass is 289 g/mol. The molecule has 1 saturated heterocycles. The molecule has 0 radical (unpaired) electrons. The molecule has 0 spiro atoms. The van der Waals surface area contributed by atoms with Gasteiger partial charge in [0.1, 0.15) is 5.75 Å². The third-order valence-corrected chi connectivity index (χ3v) is 3.91. The fourth-order valence-electron chi connectivity index (χ4n) is 2.87. The summed E-state index contributed by atoms with van der Waals surface area (Å²) >= 11 is 0. The number of ketones is 1. The normalized spacial score (nSPS) is 18.8. The van der Waals surface area contributed by atoms with Crippen molar-refractivity contribution in [3.05, 3.63) is 28.8 Å². The maximum absolute atomic E-state index is 12.8. The lowest BCUT2D eigenvalue weighted by molar-refractivity contribution is 0.0894. The Morgan fingerprint density at radius 2 is 2.14 bits per heavy atom. The van der Waals surface area contributed by atoms with Crippen LogP contribution in [0, 0.1) is 25.7 Å². The lowest BCUT2D eigenvalue weighted by Crippen LogP contribution is -2.34. The average Bonchev–Trinajstić information content (AvgIpc) is 2.45. The summed E-state index contributed by atoms with van der Waals surface area (Å²) in [6, 6.07) is 4.07. The minimum Gasteiger partial charge on any atom is -0.492 e. The highest BCUT2D eigenvalue weighted by atomic mass is 16.5. The molecule has 21 heavy (non-hydrogen) atoms. The van der Waals surface area contributed by atoms with Crippen molar-refractivity contribution in [2.45, 2.75) is 40.5 Å². The molecular weight excluding hydrogens is 262 g/mol. The lowest BCUT2D eigenvalue weighted by atomic mass is 9.89. The molecule has 116 valence electrons. The van der Waals surface area contributed by atoms with Crippen LogP contribution in [0.1, 0.15) is 48.2 Å². The van der Waals surface area contributed by atoms with E-state index in [1.807, 2.05) is 19.9 Å². The molecule has 1 fully saturated rings. The van der Waals surface area contributed by atoms with Gasteiger partial charge in [0.25, 0.3) is 0 Å². The fraction of sp³-hybridized carbons (Fsp3) is 0.611. The number of piperidine rings is 1. The van der Waals surface area contributed by atoms with Crippen LogP contribution in [0.4, 0.5) is 0 Å². The molecule has 1 aliphatic rings. The van der Waals surface area contributed by atoms with E-state index < -0.39 is 0 Å². The molecule has 0 bridgehead atoms. The van der Waals surface area contributed by atoms with E-state index in [1.54, 1.807) is 0 Å². The van der Waals surface area contributed by atoms with Crippen LogP contribution in [0.25, 0.3) is 0 Å². The molecule has 3 nitrogen and oxygen atoms in total. The molecule has 0 aromatic heterocycles. The average molecular weight is 289 g/mol. The highest BCUT2D eigenvalue weighted by Gasteiger charge is 2.25. The third kappa shape index (κ3) is 4.07. The molecule has 1 aromatic carbocycles. The van der Waals surface area contributed by atoms with Crippen molar-refractivity contribution in [2.24, 2.45) is 11.8 Å². The zero-order chi connectivity index (χ0) is 15.4. The van der Waals surface area contributed by atoms with E-state index in [0.717, 1.165) is 48.4 Å². The Hall–Kier alpha value is -1.35. The summed E-state index contributed by atoms with van der Waals surface area (Å²) in [5, 5.41) is 3.32. The highest BCUT2D eigenvalue weighted by molar-refractivity contribution is 6.01. The van der Waals surface area contributed by atoms with Crippen LogP contribution < -0.4 is 10.1 Å². The molecule has 1 aromatic rings. The van der Waals surface area contributed by atoms with Gasteiger partial charge < -0.3 is 10.1 Å². The molecule has 0 aliphatic carbocycles. The maximum atomic E-state index is 12.8. The molecule has 3 heteroatoms. The van der Waals surface area contributed by atoms with Crippen LogP contribution in [-0.2, 0) is 0 Å². The molecule has 0 saturated carbocycles. The molecular formula is C18H27NO2. The number of aryl methyl sites for hydroxylation is 2. The Labute approximate surface area is 128 Å². The highest BCUT2D eigenvalue weighted by Crippen LogP contribution is 2.29. The smallest absolute Gasteiger partial charge is 0.170 e. The number of hydrogen-bond donors (Lipinski definition) is 1. The summed E-state index contributed by atoms with van der Waals surface area (Å²) in [6.45, 7) is 10.8. The Morgan fingerprint density at radius 1 is 1.38 bits per heavy atom. The zero-order valence-corrected chi connectivity index (χ0v) is 13.7. The number of carbonyl (C=O) groups is 1. The van der Waals surface area contributed by atoms with Gasteiger partial charge in [0, 0.05) is 12.5 Å². The largest absolute Gasteiger partial charge is 0.492 e. The van der Waals surface area contributed by atoms with Crippen molar-refractivity contribution in [3.8, 4) is 5.75 Å². The van der Waals surface area contributed by atoms with Crippen molar-refractivity contribution < 1.29 is 9.53 Å². The number of ether oxygens (including phenoxy) is 1.